The second kappa shape index (κ2) is 9.91. The topological polar surface area (TPSA) is 52.6 Å². The SMILES string of the molecule is Cc1cc(F)ccc1[C@H]1C[C@@H](C(=O)O)CCN1NCCc1cc(C(F)(F)F)cc(C(F)(F)F)c1. The number of nitrogens with zero attached hydrogens (tertiary/aromatic N) is 1. The number of hydrazine groups is 1. The van der Waals surface area contributed by atoms with Gasteiger partial charge < -0.3 is 5.11 Å². The van der Waals surface area contributed by atoms with Gasteiger partial charge in [0.05, 0.1) is 23.1 Å². The molecular formula is C23H23F7N2O2. The number of halogens is 7. The molecule has 1 fully saturated rings. The van der Waals surface area contributed by atoms with Crippen molar-refractivity contribution in [2.45, 2.75) is 44.6 Å². The largest absolute Gasteiger partial charge is 0.481 e. The third-order valence-corrected chi connectivity index (χ3v) is 5.92. The number of rotatable bonds is 6. The van der Waals surface area contributed by atoms with E-state index in [1.54, 1.807) is 18.0 Å². The number of aryl methyl sites for hydroxylation is 1. The lowest BCUT2D eigenvalue weighted by Crippen LogP contribution is -2.47. The van der Waals surface area contributed by atoms with Gasteiger partial charge in [-0.1, -0.05) is 6.07 Å². The Labute approximate surface area is 191 Å². The molecule has 2 aromatic carbocycles. The summed E-state index contributed by atoms with van der Waals surface area (Å²) in [5.41, 5.74) is 1.43. The molecule has 1 aliphatic rings. The summed E-state index contributed by atoms with van der Waals surface area (Å²) in [5.74, 6) is -2.05. The van der Waals surface area contributed by atoms with Gasteiger partial charge in [-0.25, -0.2) is 9.40 Å². The number of hydrogen-bond acceptors (Lipinski definition) is 3. The van der Waals surface area contributed by atoms with Crippen LogP contribution in [-0.4, -0.2) is 29.2 Å². The average molecular weight is 492 g/mol. The van der Waals surface area contributed by atoms with Crippen molar-refractivity contribution in [3.63, 3.8) is 0 Å². The fourth-order valence-electron chi connectivity index (χ4n) is 4.19. The van der Waals surface area contributed by atoms with E-state index in [-0.39, 0.29) is 37.6 Å². The van der Waals surface area contributed by atoms with Crippen LogP contribution in [0.2, 0.25) is 0 Å². The highest BCUT2D eigenvalue weighted by Crippen LogP contribution is 2.37. The number of benzene rings is 2. The van der Waals surface area contributed by atoms with Crippen molar-refractivity contribution in [3.05, 3.63) is 70.0 Å². The normalized spacial score (nSPS) is 19.9. The molecule has 0 unspecified atom stereocenters. The quantitative estimate of drug-likeness (QED) is 0.504. The van der Waals surface area contributed by atoms with Gasteiger partial charge in [0, 0.05) is 13.1 Å². The van der Waals surface area contributed by atoms with Crippen LogP contribution in [0.1, 0.15) is 46.7 Å². The molecule has 0 amide bonds. The van der Waals surface area contributed by atoms with Crippen molar-refractivity contribution in [1.82, 2.24) is 10.4 Å². The Kier molecular flexibility index (Phi) is 7.56. The second-order valence-electron chi connectivity index (χ2n) is 8.34. The van der Waals surface area contributed by atoms with E-state index in [1.807, 2.05) is 0 Å². The highest BCUT2D eigenvalue weighted by atomic mass is 19.4. The van der Waals surface area contributed by atoms with Gasteiger partial charge in [0.2, 0.25) is 0 Å². The molecule has 2 N–H and O–H groups in total. The summed E-state index contributed by atoms with van der Waals surface area (Å²) in [5, 5.41) is 11.1. The van der Waals surface area contributed by atoms with E-state index in [9.17, 15) is 40.6 Å². The summed E-state index contributed by atoms with van der Waals surface area (Å²) < 4.78 is 92.1. The maximum Gasteiger partial charge on any atom is 0.416 e. The van der Waals surface area contributed by atoms with Crippen LogP contribution in [-0.2, 0) is 23.6 Å². The minimum absolute atomic E-state index is 0.0209. The first-order chi connectivity index (χ1) is 15.8. The van der Waals surface area contributed by atoms with E-state index < -0.39 is 47.2 Å². The maximum atomic E-state index is 13.6. The molecule has 4 nitrogen and oxygen atoms in total. The van der Waals surface area contributed by atoms with Crippen LogP contribution >= 0.6 is 0 Å². The summed E-state index contributed by atoms with van der Waals surface area (Å²) in [6.07, 6.45) is -9.45. The first-order valence-corrected chi connectivity index (χ1v) is 10.5. The van der Waals surface area contributed by atoms with Crippen LogP contribution in [0.15, 0.2) is 36.4 Å². The number of carboxylic acid groups (broad SMARTS) is 1. The summed E-state index contributed by atoms with van der Waals surface area (Å²) in [7, 11) is 0. The second-order valence-corrected chi connectivity index (χ2v) is 8.34. The summed E-state index contributed by atoms with van der Waals surface area (Å²) >= 11 is 0. The van der Waals surface area contributed by atoms with Crippen molar-refractivity contribution in [1.29, 1.82) is 0 Å². The lowest BCUT2D eigenvalue weighted by atomic mass is 9.86. The van der Waals surface area contributed by atoms with Gasteiger partial charge in [0.1, 0.15) is 5.82 Å². The van der Waals surface area contributed by atoms with Crippen molar-refractivity contribution >= 4 is 5.97 Å². The minimum Gasteiger partial charge on any atom is -0.481 e. The fraction of sp³-hybridized carbons (Fsp3) is 0.435. The first-order valence-electron chi connectivity index (χ1n) is 10.5. The van der Waals surface area contributed by atoms with Crippen LogP contribution in [0.3, 0.4) is 0 Å². The molecule has 2 atom stereocenters. The predicted octanol–water partition coefficient (Wildman–Crippen LogP) is 5.76. The number of carboxylic acids is 1. The first kappa shape index (κ1) is 26.0. The van der Waals surface area contributed by atoms with Gasteiger partial charge >= 0.3 is 18.3 Å². The van der Waals surface area contributed by atoms with Crippen molar-refractivity contribution in [3.8, 4) is 0 Å². The number of nitrogens with one attached hydrogen (secondary N) is 1. The van der Waals surface area contributed by atoms with Crippen LogP contribution < -0.4 is 5.43 Å². The molecule has 2 aromatic rings. The molecule has 186 valence electrons. The van der Waals surface area contributed by atoms with Gasteiger partial charge in [-0.15, -0.1) is 0 Å². The molecule has 11 heteroatoms. The zero-order valence-corrected chi connectivity index (χ0v) is 18.1. The number of hydrogen-bond donors (Lipinski definition) is 2. The molecular weight excluding hydrogens is 469 g/mol. The Morgan fingerprint density at radius 1 is 1.06 bits per heavy atom. The monoisotopic (exact) mass is 492 g/mol. The Hall–Kier alpha value is -2.66. The highest BCUT2D eigenvalue weighted by molar-refractivity contribution is 5.70. The molecule has 34 heavy (non-hydrogen) atoms. The van der Waals surface area contributed by atoms with Crippen LogP contribution in [0.25, 0.3) is 0 Å². The molecule has 0 aromatic heterocycles. The molecule has 0 saturated carbocycles. The lowest BCUT2D eigenvalue weighted by Gasteiger charge is -2.39. The molecule has 0 bridgehead atoms. The Balaban J connectivity index is 1.78. The molecule has 3 rings (SSSR count). The summed E-state index contributed by atoms with van der Waals surface area (Å²) in [6.45, 7) is 1.99. The van der Waals surface area contributed by atoms with Crippen LogP contribution in [0.4, 0.5) is 30.7 Å². The summed E-state index contributed by atoms with van der Waals surface area (Å²) in [6, 6.07) is 5.13. The van der Waals surface area contributed by atoms with Gasteiger partial charge in [-0.3, -0.25) is 10.2 Å². The van der Waals surface area contributed by atoms with E-state index in [1.165, 1.54) is 12.1 Å². The zero-order chi connectivity index (χ0) is 25.3. The number of aliphatic carboxylic acids is 1. The van der Waals surface area contributed by atoms with E-state index in [4.69, 9.17) is 0 Å². The number of carbonyl (C=O) groups is 1. The molecule has 0 spiro atoms. The zero-order valence-electron chi connectivity index (χ0n) is 18.1. The third kappa shape index (κ3) is 6.26. The smallest absolute Gasteiger partial charge is 0.416 e. The highest BCUT2D eigenvalue weighted by Gasteiger charge is 2.37. The van der Waals surface area contributed by atoms with Crippen molar-refractivity contribution in [2.24, 2.45) is 5.92 Å². The molecule has 1 aliphatic heterocycles. The van der Waals surface area contributed by atoms with Crippen molar-refractivity contribution in [2.75, 3.05) is 13.1 Å². The Morgan fingerprint density at radius 2 is 1.68 bits per heavy atom. The summed E-state index contributed by atoms with van der Waals surface area (Å²) in [4.78, 5) is 11.5. The van der Waals surface area contributed by atoms with Crippen LogP contribution in [0, 0.1) is 18.7 Å². The van der Waals surface area contributed by atoms with Crippen molar-refractivity contribution < 1.29 is 40.6 Å². The minimum atomic E-state index is -4.92. The van der Waals surface area contributed by atoms with E-state index in [2.05, 4.69) is 5.43 Å². The van der Waals surface area contributed by atoms with E-state index in [0.717, 1.165) is 0 Å². The molecule has 0 radical (unpaired) electrons. The van der Waals surface area contributed by atoms with Gasteiger partial charge in [0.25, 0.3) is 0 Å². The Bertz CT molecular complexity index is 1000. The van der Waals surface area contributed by atoms with E-state index in [0.29, 0.717) is 29.7 Å². The van der Waals surface area contributed by atoms with Gasteiger partial charge in [0.15, 0.2) is 0 Å². The molecule has 1 heterocycles. The fourth-order valence-corrected chi connectivity index (χ4v) is 4.19. The third-order valence-electron chi connectivity index (χ3n) is 5.92. The maximum absolute atomic E-state index is 13.6. The van der Waals surface area contributed by atoms with Crippen LogP contribution in [0.5, 0.6) is 0 Å². The van der Waals surface area contributed by atoms with Gasteiger partial charge in [-0.2, -0.15) is 26.3 Å². The number of alkyl halides is 6. The standard InChI is InChI=1S/C23H23F7N2O2/c1-13-8-18(24)2-3-19(13)20-11-15(21(33)34)5-7-32(20)31-6-4-14-9-16(22(25,26)27)12-17(10-14)23(28,29)30/h2-3,8-10,12,15,20,31H,4-7,11H2,1H3,(H,33,34)/t15-,20+/m0/s1. The predicted molar refractivity (Wildman–Crippen MR) is 109 cm³/mol. The Morgan fingerprint density at radius 3 is 2.21 bits per heavy atom. The van der Waals surface area contributed by atoms with Gasteiger partial charge in [-0.05, 0) is 73.2 Å². The number of piperidine rings is 1. The molecule has 1 saturated heterocycles. The lowest BCUT2D eigenvalue weighted by molar-refractivity contribution is -0.145. The van der Waals surface area contributed by atoms with E-state index >= 15 is 0 Å². The average Bonchev–Trinajstić information content (AvgIpc) is 2.72. The molecule has 0 aliphatic carbocycles.